The SMILES string of the molecule is OC(CNc1ccc2nnc(-c3ccsc3)n2n1)c1ccsc1. The van der Waals surface area contributed by atoms with Crippen molar-refractivity contribution in [3.8, 4) is 11.4 Å². The molecule has 0 fully saturated rings. The number of anilines is 1. The van der Waals surface area contributed by atoms with Crippen LogP contribution in [-0.4, -0.2) is 31.5 Å². The lowest BCUT2D eigenvalue weighted by Gasteiger charge is -2.11. The van der Waals surface area contributed by atoms with Crippen LogP contribution in [-0.2, 0) is 0 Å². The number of aromatic nitrogens is 4. The number of hydrogen-bond donors (Lipinski definition) is 2. The average molecular weight is 343 g/mol. The standard InChI is InChI=1S/C15H13N5OS2/c21-12(10-3-5-22-8-10)7-16-13-1-2-14-17-18-15(20(14)19-13)11-4-6-23-9-11/h1-6,8-9,12,21H,7H2,(H,16,19). The molecule has 0 saturated heterocycles. The molecular weight excluding hydrogens is 330 g/mol. The molecule has 1 atom stereocenters. The van der Waals surface area contributed by atoms with Gasteiger partial charge in [-0.2, -0.15) is 27.2 Å². The highest BCUT2D eigenvalue weighted by Gasteiger charge is 2.11. The van der Waals surface area contributed by atoms with E-state index < -0.39 is 6.10 Å². The van der Waals surface area contributed by atoms with Crippen molar-refractivity contribution in [3.63, 3.8) is 0 Å². The summed E-state index contributed by atoms with van der Waals surface area (Å²) in [6, 6.07) is 7.60. The Morgan fingerprint density at radius 1 is 1.09 bits per heavy atom. The van der Waals surface area contributed by atoms with E-state index in [1.165, 1.54) is 0 Å². The Kier molecular flexibility index (Phi) is 3.78. The lowest BCUT2D eigenvalue weighted by Crippen LogP contribution is -2.13. The molecule has 0 aliphatic rings. The second-order valence-electron chi connectivity index (χ2n) is 4.98. The van der Waals surface area contributed by atoms with Crippen LogP contribution in [0.2, 0.25) is 0 Å². The van der Waals surface area contributed by atoms with Crippen molar-refractivity contribution in [2.75, 3.05) is 11.9 Å². The van der Waals surface area contributed by atoms with Gasteiger partial charge in [-0.15, -0.1) is 15.3 Å². The van der Waals surface area contributed by atoms with Gasteiger partial charge in [-0.1, -0.05) is 0 Å². The normalized spacial score (nSPS) is 12.6. The van der Waals surface area contributed by atoms with Crippen molar-refractivity contribution in [1.29, 1.82) is 0 Å². The third-order valence-corrected chi connectivity index (χ3v) is 4.83. The van der Waals surface area contributed by atoms with Gasteiger partial charge in [0.1, 0.15) is 5.82 Å². The molecule has 0 saturated carbocycles. The summed E-state index contributed by atoms with van der Waals surface area (Å²) in [5, 5.41) is 34.0. The van der Waals surface area contributed by atoms with Gasteiger partial charge in [0.2, 0.25) is 0 Å². The molecule has 0 radical (unpaired) electrons. The Labute approximate surface area is 140 Å². The summed E-state index contributed by atoms with van der Waals surface area (Å²) in [4.78, 5) is 0. The van der Waals surface area contributed by atoms with Gasteiger partial charge < -0.3 is 10.4 Å². The maximum atomic E-state index is 10.1. The smallest absolute Gasteiger partial charge is 0.186 e. The minimum absolute atomic E-state index is 0.394. The Hall–Kier alpha value is -2.29. The van der Waals surface area contributed by atoms with Crippen LogP contribution in [0.3, 0.4) is 0 Å². The van der Waals surface area contributed by atoms with E-state index in [9.17, 15) is 5.11 Å². The molecular formula is C15H13N5OS2. The summed E-state index contributed by atoms with van der Waals surface area (Å²) >= 11 is 3.18. The van der Waals surface area contributed by atoms with Gasteiger partial charge in [0.05, 0.1) is 6.10 Å². The topological polar surface area (TPSA) is 75.3 Å². The highest BCUT2D eigenvalue weighted by molar-refractivity contribution is 7.08. The molecule has 4 aromatic rings. The number of fused-ring (bicyclic) bond motifs is 1. The maximum absolute atomic E-state index is 10.1. The van der Waals surface area contributed by atoms with E-state index in [0.717, 1.165) is 11.1 Å². The minimum Gasteiger partial charge on any atom is -0.387 e. The fourth-order valence-electron chi connectivity index (χ4n) is 2.24. The predicted molar refractivity (Wildman–Crippen MR) is 91.9 cm³/mol. The third-order valence-electron chi connectivity index (χ3n) is 3.45. The first-order chi connectivity index (χ1) is 11.3. The van der Waals surface area contributed by atoms with Crippen LogP contribution in [0.4, 0.5) is 5.82 Å². The Balaban J connectivity index is 1.57. The zero-order valence-electron chi connectivity index (χ0n) is 12.0. The summed E-state index contributed by atoms with van der Waals surface area (Å²) in [6.45, 7) is 0.394. The molecule has 0 aromatic carbocycles. The number of nitrogens with one attached hydrogen (secondary N) is 1. The second kappa shape index (κ2) is 6.07. The quantitative estimate of drug-likeness (QED) is 0.582. The highest BCUT2D eigenvalue weighted by Crippen LogP contribution is 2.21. The molecule has 116 valence electrons. The Morgan fingerprint density at radius 2 is 1.96 bits per heavy atom. The second-order valence-corrected chi connectivity index (χ2v) is 6.54. The first-order valence-electron chi connectivity index (χ1n) is 7.00. The fraction of sp³-hybridized carbons (Fsp3) is 0.133. The van der Waals surface area contributed by atoms with Gasteiger partial charge in [-0.3, -0.25) is 0 Å². The van der Waals surface area contributed by atoms with E-state index in [4.69, 9.17) is 0 Å². The zero-order chi connectivity index (χ0) is 15.6. The van der Waals surface area contributed by atoms with Crippen LogP contribution >= 0.6 is 22.7 Å². The van der Waals surface area contributed by atoms with Gasteiger partial charge in [-0.25, -0.2) is 0 Å². The first-order valence-corrected chi connectivity index (χ1v) is 8.89. The van der Waals surface area contributed by atoms with Crippen LogP contribution in [0.5, 0.6) is 0 Å². The van der Waals surface area contributed by atoms with Gasteiger partial charge >= 0.3 is 0 Å². The molecule has 0 amide bonds. The maximum Gasteiger partial charge on any atom is 0.186 e. The van der Waals surface area contributed by atoms with E-state index in [0.29, 0.717) is 23.8 Å². The average Bonchev–Trinajstić information content (AvgIpc) is 3.32. The summed E-state index contributed by atoms with van der Waals surface area (Å²) in [7, 11) is 0. The van der Waals surface area contributed by atoms with Gasteiger partial charge in [0, 0.05) is 17.5 Å². The predicted octanol–water partition coefficient (Wildman–Crippen LogP) is 3.06. The van der Waals surface area contributed by atoms with E-state index in [1.807, 2.05) is 45.8 Å². The molecule has 4 heterocycles. The molecule has 0 aliphatic carbocycles. The van der Waals surface area contributed by atoms with E-state index in [-0.39, 0.29) is 0 Å². The van der Waals surface area contributed by atoms with Crippen LogP contribution in [0.25, 0.3) is 17.0 Å². The molecule has 1 unspecified atom stereocenters. The van der Waals surface area contributed by atoms with Crippen LogP contribution in [0.1, 0.15) is 11.7 Å². The number of aliphatic hydroxyl groups excluding tert-OH is 1. The number of aliphatic hydroxyl groups is 1. The molecule has 0 bridgehead atoms. The summed E-state index contributed by atoms with van der Waals surface area (Å²) < 4.78 is 1.71. The lowest BCUT2D eigenvalue weighted by molar-refractivity contribution is 0.192. The molecule has 6 nitrogen and oxygen atoms in total. The van der Waals surface area contributed by atoms with Crippen molar-refractivity contribution in [2.45, 2.75) is 6.10 Å². The summed E-state index contributed by atoms with van der Waals surface area (Å²) in [6.07, 6.45) is -0.559. The number of thiophene rings is 2. The van der Waals surface area contributed by atoms with E-state index in [2.05, 4.69) is 20.6 Å². The van der Waals surface area contributed by atoms with Crippen molar-refractivity contribution in [1.82, 2.24) is 19.8 Å². The molecule has 8 heteroatoms. The zero-order valence-corrected chi connectivity index (χ0v) is 13.6. The van der Waals surface area contributed by atoms with Crippen LogP contribution < -0.4 is 5.32 Å². The van der Waals surface area contributed by atoms with Crippen molar-refractivity contribution in [3.05, 3.63) is 51.3 Å². The van der Waals surface area contributed by atoms with Gasteiger partial charge in [0.15, 0.2) is 11.5 Å². The van der Waals surface area contributed by atoms with E-state index >= 15 is 0 Å². The monoisotopic (exact) mass is 343 g/mol. The lowest BCUT2D eigenvalue weighted by atomic mass is 10.2. The summed E-state index contributed by atoms with van der Waals surface area (Å²) in [5.74, 6) is 1.38. The largest absolute Gasteiger partial charge is 0.387 e. The molecule has 0 aliphatic heterocycles. The Bertz CT molecular complexity index is 901. The first kappa shape index (κ1) is 14.3. The number of hydrogen-bond acceptors (Lipinski definition) is 7. The molecule has 23 heavy (non-hydrogen) atoms. The molecule has 4 rings (SSSR count). The van der Waals surface area contributed by atoms with Crippen molar-refractivity contribution >= 4 is 34.1 Å². The van der Waals surface area contributed by atoms with Crippen LogP contribution in [0.15, 0.2) is 45.8 Å². The van der Waals surface area contributed by atoms with Crippen molar-refractivity contribution in [2.24, 2.45) is 0 Å². The fourth-order valence-corrected chi connectivity index (χ4v) is 3.58. The van der Waals surface area contributed by atoms with Gasteiger partial charge in [-0.05, 0) is 46.0 Å². The van der Waals surface area contributed by atoms with Crippen molar-refractivity contribution < 1.29 is 5.11 Å². The summed E-state index contributed by atoms with van der Waals surface area (Å²) in [5.41, 5.74) is 2.59. The molecule has 2 N–H and O–H groups in total. The van der Waals surface area contributed by atoms with Gasteiger partial charge in [0.25, 0.3) is 0 Å². The highest BCUT2D eigenvalue weighted by atomic mass is 32.1. The molecule has 0 spiro atoms. The number of rotatable bonds is 5. The molecule has 4 aromatic heterocycles. The minimum atomic E-state index is -0.559. The van der Waals surface area contributed by atoms with Crippen LogP contribution in [0, 0.1) is 0 Å². The Morgan fingerprint density at radius 3 is 2.74 bits per heavy atom. The van der Waals surface area contributed by atoms with E-state index in [1.54, 1.807) is 27.2 Å². The third kappa shape index (κ3) is 2.83. The number of nitrogens with zero attached hydrogens (tertiary/aromatic N) is 4.